The van der Waals surface area contributed by atoms with Gasteiger partial charge in [-0.15, -0.1) is 10.2 Å². The van der Waals surface area contributed by atoms with E-state index in [0.29, 0.717) is 23.9 Å². The normalized spacial score (nSPS) is 10.5. The number of nitrogens with one attached hydrogen (secondary N) is 1. The van der Waals surface area contributed by atoms with Crippen LogP contribution < -0.4 is 9.47 Å². The molecular formula is C16H14IN5O4. The number of hydrogen-bond acceptors (Lipinski definition) is 7. The summed E-state index contributed by atoms with van der Waals surface area (Å²) >= 11 is 2.15. The third kappa shape index (κ3) is 4.07. The maximum atomic E-state index is 10.7. The smallest absolute Gasteiger partial charge is 0.269 e. The summed E-state index contributed by atoms with van der Waals surface area (Å²) in [6.45, 7) is 2.61. The van der Waals surface area contributed by atoms with E-state index in [1.165, 1.54) is 12.1 Å². The molecule has 134 valence electrons. The number of nitrogens with zero attached hydrogens (tertiary/aromatic N) is 4. The Bertz CT molecular complexity index is 900. The van der Waals surface area contributed by atoms with Crippen molar-refractivity contribution in [3.63, 3.8) is 0 Å². The minimum atomic E-state index is -0.433. The molecule has 2 aromatic carbocycles. The minimum absolute atomic E-state index is 0.0443. The van der Waals surface area contributed by atoms with Gasteiger partial charge in [-0.1, -0.05) is 0 Å². The Labute approximate surface area is 162 Å². The number of non-ortho nitro benzene ring substituents is 1. The molecule has 1 aromatic heterocycles. The Balaban J connectivity index is 1.83. The van der Waals surface area contributed by atoms with Gasteiger partial charge in [-0.2, -0.15) is 5.21 Å². The molecule has 26 heavy (non-hydrogen) atoms. The van der Waals surface area contributed by atoms with Crippen molar-refractivity contribution in [1.82, 2.24) is 20.6 Å². The first-order chi connectivity index (χ1) is 12.6. The number of H-pyrrole nitrogens is 1. The van der Waals surface area contributed by atoms with Crippen molar-refractivity contribution in [2.24, 2.45) is 0 Å². The van der Waals surface area contributed by atoms with Crippen molar-refractivity contribution in [2.75, 3.05) is 6.61 Å². The van der Waals surface area contributed by atoms with Gasteiger partial charge in [0.15, 0.2) is 11.5 Å². The number of nitro groups is 1. The molecule has 0 fully saturated rings. The van der Waals surface area contributed by atoms with Gasteiger partial charge in [0.1, 0.15) is 6.61 Å². The summed E-state index contributed by atoms with van der Waals surface area (Å²) in [5.74, 6) is 1.63. The summed E-state index contributed by atoms with van der Waals surface area (Å²) in [7, 11) is 0. The molecule has 0 unspecified atom stereocenters. The molecule has 0 amide bonds. The zero-order valence-corrected chi connectivity index (χ0v) is 15.8. The zero-order valence-electron chi connectivity index (χ0n) is 13.7. The van der Waals surface area contributed by atoms with Crippen molar-refractivity contribution < 1.29 is 14.4 Å². The molecule has 0 spiro atoms. The lowest BCUT2D eigenvalue weighted by atomic mass is 10.2. The van der Waals surface area contributed by atoms with Gasteiger partial charge in [0.2, 0.25) is 5.82 Å². The first-order valence-corrected chi connectivity index (χ1v) is 8.72. The molecule has 0 aliphatic carbocycles. The number of aromatic nitrogens is 4. The Morgan fingerprint density at radius 1 is 1.23 bits per heavy atom. The van der Waals surface area contributed by atoms with Gasteiger partial charge >= 0.3 is 0 Å². The van der Waals surface area contributed by atoms with Crippen LogP contribution in [-0.2, 0) is 6.61 Å². The zero-order chi connectivity index (χ0) is 18.5. The average Bonchev–Trinajstić information content (AvgIpc) is 3.16. The molecule has 1 heterocycles. The lowest BCUT2D eigenvalue weighted by Crippen LogP contribution is -2.02. The van der Waals surface area contributed by atoms with Gasteiger partial charge in [-0.05, 0) is 64.6 Å². The molecule has 0 aliphatic rings. The number of hydrogen-bond donors (Lipinski definition) is 1. The molecule has 0 saturated heterocycles. The Morgan fingerprint density at radius 2 is 2.00 bits per heavy atom. The van der Waals surface area contributed by atoms with Crippen molar-refractivity contribution >= 4 is 28.3 Å². The fraction of sp³-hybridized carbons (Fsp3) is 0.188. The molecule has 0 saturated carbocycles. The minimum Gasteiger partial charge on any atom is -0.490 e. The summed E-state index contributed by atoms with van der Waals surface area (Å²) < 4.78 is 12.4. The molecule has 3 rings (SSSR count). The molecule has 0 atom stereocenters. The number of ether oxygens (including phenoxy) is 2. The van der Waals surface area contributed by atoms with Crippen LogP contribution in [0.1, 0.15) is 12.5 Å². The summed E-state index contributed by atoms with van der Waals surface area (Å²) in [5.41, 5.74) is 1.62. The van der Waals surface area contributed by atoms with E-state index in [1.807, 2.05) is 13.0 Å². The van der Waals surface area contributed by atoms with Gasteiger partial charge in [0.25, 0.3) is 5.69 Å². The highest BCUT2D eigenvalue weighted by Crippen LogP contribution is 2.37. The van der Waals surface area contributed by atoms with Gasteiger partial charge in [0.05, 0.1) is 15.1 Å². The van der Waals surface area contributed by atoms with Crippen LogP contribution in [0.2, 0.25) is 0 Å². The van der Waals surface area contributed by atoms with Crippen LogP contribution in [0, 0.1) is 13.7 Å². The fourth-order valence-corrected chi connectivity index (χ4v) is 3.01. The van der Waals surface area contributed by atoms with Gasteiger partial charge in [-0.25, -0.2) is 0 Å². The van der Waals surface area contributed by atoms with Crippen LogP contribution in [0.25, 0.3) is 11.4 Å². The third-order valence-corrected chi connectivity index (χ3v) is 4.24. The van der Waals surface area contributed by atoms with E-state index in [4.69, 9.17) is 9.47 Å². The number of aromatic amines is 1. The van der Waals surface area contributed by atoms with E-state index in [1.54, 1.807) is 18.2 Å². The van der Waals surface area contributed by atoms with Crippen LogP contribution in [0.15, 0.2) is 36.4 Å². The van der Waals surface area contributed by atoms with Gasteiger partial charge in [0, 0.05) is 17.7 Å². The molecule has 1 N–H and O–H groups in total. The van der Waals surface area contributed by atoms with Gasteiger partial charge in [-0.3, -0.25) is 10.1 Å². The number of tetrazole rings is 1. The Kier molecular flexibility index (Phi) is 5.61. The van der Waals surface area contributed by atoms with Crippen LogP contribution in [0.3, 0.4) is 0 Å². The van der Waals surface area contributed by atoms with E-state index in [0.717, 1.165) is 14.7 Å². The highest BCUT2D eigenvalue weighted by Gasteiger charge is 2.15. The van der Waals surface area contributed by atoms with Crippen LogP contribution in [0.5, 0.6) is 11.5 Å². The molecule has 0 bridgehead atoms. The van der Waals surface area contributed by atoms with Crippen molar-refractivity contribution in [3.05, 3.63) is 55.6 Å². The molecule has 9 nitrogen and oxygen atoms in total. The second-order valence-electron chi connectivity index (χ2n) is 5.17. The largest absolute Gasteiger partial charge is 0.490 e. The van der Waals surface area contributed by atoms with Crippen LogP contribution in [0.4, 0.5) is 5.69 Å². The highest BCUT2D eigenvalue weighted by atomic mass is 127. The predicted octanol–water partition coefficient (Wildman–Crippen LogP) is 3.36. The van der Waals surface area contributed by atoms with Crippen molar-refractivity contribution in [2.45, 2.75) is 13.5 Å². The van der Waals surface area contributed by atoms with E-state index < -0.39 is 4.92 Å². The van der Waals surface area contributed by atoms with E-state index in [-0.39, 0.29) is 12.3 Å². The summed E-state index contributed by atoms with van der Waals surface area (Å²) in [6.07, 6.45) is 0. The number of halogens is 1. The molecule has 10 heteroatoms. The molecule has 0 radical (unpaired) electrons. The monoisotopic (exact) mass is 467 g/mol. The summed E-state index contributed by atoms with van der Waals surface area (Å²) in [6, 6.07) is 9.90. The maximum absolute atomic E-state index is 10.7. The highest BCUT2D eigenvalue weighted by molar-refractivity contribution is 14.1. The first kappa shape index (κ1) is 18.0. The molecule has 3 aromatic rings. The predicted molar refractivity (Wildman–Crippen MR) is 101 cm³/mol. The Hall–Kier alpha value is -2.76. The Morgan fingerprint density at radius 3 is 2.62 bits per heavy atom. The SMILES string of the molecule is CCOc1cc(-c2nn[nH]n2)cc(I)c1OCc1ccc([N+](=O)[O-])cc1. The lowest BCUT2D eigenvalue weighted by molar-refractivity contribution is -0.384. The first-order valence-electron chi connectivity index (χ1n) is 7.64. The number of nitro benzene ring substituents is 1. The van der Waals surface area contributed by atoms with Crippen LogP contribution in [-0.4, -0.2) is 32.2 Å². The van der Waals surface area contributed by atoms with E-state index in [2.05, 4.69) is 43.2 Å². The van der Waals surface area contributed by atoms with Crippen LogP contribution >= 0.6 is 22.6 Å². The van der Waals surface area contributed by atoms with E-state index >= 15 is 0 Å². The topological polar surface area (TPSA) is 116 Å². The van der Waals surface area contributed by atoms with Gasteiger partial charge < -0.3 is 9.47 Å². The maximum Gasteiger partial charge on any atom is 0.269 e. The molecule has 0 aliphatic heterocycles. The lowest BCUT2D eigenvalue weighted by Gasteiger charge is -2.15. The average molecular weight is 467 g/mol. The number of benzene rings is 2. The fourth-order valence-electron chi connectivity index (χ4n) is 2.25. The van der Waals surface area contributed by atoms with Crippen molar-refractivity contribution in [1.29, 1.82) is 0 Å². The summed E-state index contributed by atoms with van der Waals surface area (Å²) in [4.78, 5) is 10.3. The number of rotatable bonds is 7. The summed E-state index contributed by atoms with van der Waals surface area (Å²) in [5, 5.41) is 24.7. The van der Waals surface area contributed by atoms with E-state index in [9.17, 15) is 10.1 Å². The second-order valence-corrected chi connectivity index (χ2v) is 6.33. The quantitative estimate of drug-likeness (QED) is 0.322. The standard InChI is InChI=1S/C16H14IN5O4/c1-2-25-14-8-11(16-18-20-21-19-16)7-13(17)15(14)26-9-10-3-5-12(6-4-10)22(23)24/h3-8H,2,9H2,1H3,(H,18,19,20,21). The third-order valence-electron chi connectivity index (χ3n) is 3.44. The molecular weight excluding hydrogens is 453 g/mol. The van der Waals surface area contributed by atoms with Crippen molar-refractivity contribution in [3.8, 4) is 22.9 Å². The second kappa shape index (κ2) is 8.08.